The molecular weight excluding hydrogens is 278 g/mol. The van der Waals surface area contributed by atoms with Crippen LogP contribution in [0.4, 0.5) is 0 Å². The van der Waals surface area contributed by atoms with Crippen LogP contribution in [0.5, 0.6) is 0 Å². The summed E-state index contributed by atoms with van der Waals surface area (Å²) in [5.41, 5.74) is 0.952. The predicted octanol–water partition coefficient (Wildman–Crippen LogP) is 2.60. The maximum Gasteiger partial charge on any atom is 0.303 e. The number of likely N-dealkylation sites (tertiary alicyclic amines) is 1. The van der Waals surface area contributed by atoms with Crippen molar-refractivity contribution in [1.29, 1.82) is 0 Å². The van der Waals surface area contributed by atoms with Gasteiger partial charge in [-0.2, -0.15) is 0 Å². The Hall–Kier alpha value is -1.55. The molecule has 0 spiro atoms. The second kappa shape index (κ2) is 6.75. The number of rotatable bonds is 5. The van der Waals surface area contributed by atoms with Gasteiger partial charge in [-0.15, -0.1) is 0 Å². The van der Waals surface area contributed by atoms with E-state index in [2.05, 4.69) is 0 Å². The van der Waals surface area contributed by atoms with Crippen molar-refractivity contribution < 1.29 is 14.7 Å². The lowest BCUT2D eigenvalue weighted by Gasteiger charge is -2.16. The van der Waals surface area contributed by atoms with Crippen LogP contribution in [0, 0.1) is 5.92 Å². The number of carboxylic acids is 1. The van der Waals surface area contributed by atoms with E-state index in [1.165, 1.54) is 0 Å². The van der Waals surface area contributed by atoms with Crippen LogP contribution in [0.15, 0.2) is 24.3 Å². The van der Waals surface area contributed by atoms with Crippen LogP contribution in [0.3, 0.4) is 0 Å². The van der Waals surface area contributed by atoms with Gasteiger partial charge in [-0.05, 0) is 36.5 Å². The van der Waals surface area contributed by atoms with E-state index in [9.17, 15) is 9.59 Å². The number of carboxylic acid groups (broad SMARTS) is 1. The summed E-state index contributed by atoms with van der Waals surface area (Å²) in [7, 11) is 0. The highest BCUT2D eigenvalue weighted by Gasteiger charge is 2.26. The summed E-state index contributed by atoms with van der Waals surface area (Å²) < 4.78 is 0. The topological polar surface area (TPSA) is 57.6 Å². The van der Waals surface area contributed by atoms with Crippen LogP contribution >= 0.6 is 11.6 Å². The molecule has 1 N–H and O–H groups in total. The molecule has 1 aliphatic heterocycles. The molecule has 1 aliphatic rings. The standard InChI is InChI=1S/C15H18ClNO3/c16-13-4-1-11(2-5-13)9-14(18)17-8-7-12(10-17)3-6-15(19)20/h1-2,4-5,12H,3,6-10H2,(H,19,20). The van der Waals surface area contributed by atoms with E-state index in [-0.39, 0.29) is 12.3 Å². The number of carbonyl (C=O) groups is 2. The second-order valence-corrected chi connectivity index (χ2v) is 5.67. The van der Waals surface area contributed by atoms with Gasteiger partial charge in [-0.25, -0.2) is 0 Å². The number of amides is 1. The maximum atomic E-state index is 12.2. The summed E-state index contributed by atoms with van der Waals surface area (Å²) in [4.78, 5) is 24.5. The summed E-state index contributed by atoms with van der Waals surface area (Å²) in [5, 5.41) is 9.34. The number of benzene rings is 1. The first-order valence-corrected chi connectivity index (χ1v) is 7.16. The van der Waals surface area contributed by atoms with Crippen LogP contribution in [-0.4, -0.2) is 35.0 Å². The second-order valence-electron chi connectivity index (χ2n) is 5.23. The molecule has 1 fully saturated rings. The van der Waals surface area contributed by atoms with E-state index in [0.717, 1.165) is 18.5 Å². The van der Waals surface area contributed by atoms with Crippen molar-refractivity contribution in [2.75, 3.05) is 13.1 Å². The highest BCUT2D eigenvalue weighted by Crippen LogP contribution is 2.22. The van der Waals surface area contributed by atoms with Crippen molar-refractivity contribution in [2.45, 2.75) is 25.7 Å². The summed E-state index contributed by atoms with van der Waals surface area (Å²) in [5.74, 6) is -0.346. The lowest BCUT2D eigenvalue weighted by molar-refractivity contribution is -0.137. The van der Waals surface area contributed by atoms with Gasteiger partial charge in [0.25, 0.3) is 0 Å². The number of nitrogens with zero attached hydrogens (tertiary/aromatic N) is 1. The third kappa shape index (κ3) is 4.23. The normalized spacial score (nSPS) is 18.2. The molecule has 1 aromatic carbocycles. The number of hydrogen-bond acceptors (Lipinski definition) is 2. The molecule has 1 heterocycles. The van der Waals surface area contributed by atoms with E-state index in [0.29, 0.717) is 30.3 Å². The van der Waals surface area contributed by atoms with Gasteiger partial charge in [0.2, 0.25) is 5.91 Å². The van der Waals surface area contributed by atoms with E-state index >= 15 is 0 Å². The molecule has 108 valence electrons. The fraction of sp³-hybridized carbons (Fsp3) is 0.467. The average Bonchev–Trinajstić information content (AvgIpc) is 2.88. The van der Waals surface area contributed by atoms with Crippen LogP contribution < -0.4 is 0 Å². The van der Waals surface area contributed by atoms with Gasteiger partial charge in [-0.3, -0.25) is 9.59 Å². The Morgan fingerprint density at radius 2 is 2.00 bits per heavy atom. The van der Waals surface area contributed by atoms with Crippen LogP contribution in [-0.2, 0) is 16.0 Å². The van der Waals surface area contributed by atoms with Gasteiger partial charge >= 0.3 is 5.97 Å². The molecule has 1 atom stereocenters. The van der Waals surface area contributed by atoms with Gasteiger partial charge in [-0.1, -0.05) is 23.7 Å². The number of halogens is 1. The summed E-state index contributed by atoms with van der Waals surface area (Å²) in [6.07, 6.45) is 2.12. The summed E-state index contributed by atoms with van der Waals surface area (Å²) >= 11 is 5.81. The van der Waals surface area contributed by atoms with E-state index < -0.39 is 5.97 Å². The van der Waals surface area contributed by atoms with Crippen molar-refractivity contribution >= 4 is 23.5 Å². The minimum absolute atomic E-state index is 0.102. The maximum absolute atomic E-state index is 12.2. The van der Waals surface area contributed by atoms with E-state index in [4.69, 9.17) is 16.7 Å². The Kier molecular flexibility index (Phi) is 5.01. The highest BCUT2D eigenvalue weighted by atomic mass is 35.5. The van der Waals surface area contributed by atoms with Crippen LogP contribution in [0.25, 0.3) is 0 Å². The Morgan fingerprint density at radius 1 is 1.30 bits per heavy atom. The van der Waals surface area contributed by atoms with Gasteiger partial charge in [0.05, 0.1) is 6.42 Å². The minimum Gasteiger partial charge on any atom is -0.481 e. The third-order valence-corrected chi connectivity index (χ3v) is 3.93. The number of hydrogen-bond donors (Lipinski definition) is 1. The smallest absolute Gasteiger partial charge is 0.303 e. The van der Waals surface area contributed by atoms with Gasteiger partial charge in [0.15, 0.2) is 0 Å². The molecule has 1 saturated heterocycles. The quantitative estimate of drug-likeness (QED) is 0.908. The monoisotopic (exact) mass is 295 g/mol. The van der Waals surface area contributed by atoms with E-state index in [1.54, 1.807) is 12.1 Å². The molecule has 0 saturated carbocycles. The summed E-state index contributed by atoms with van der Waals surface area (Å²) in [6.45, 7) is 1.41. The van der Waals surface area contributed by atoms with Crippen molar-refractivity contribution in [3.63, 3.8) is 0 Å². The SMILES string of the molecule is O=C(O)CCC1CCN(C(=O)Cc2ccc(Cl)cc2)C1. The fourth-order valence-electron chi connectivity index (χ4n) is 2.51. The first-order chi connectivity index (χ1) is 9.54. The molecule has 4 nitrogen and oxygen atoms in total. The third-order valence-electron chi connectivity index (χ3n) is 3.67. The Morgan fingerprint density at radius 3 is 2.65 bits per heavy atom. The highest BCUT2D eigenvalue weighted by molar-refractivity contribution is 6.30. The van der Waals surface area contributed by atoms with Crippen LogP contribution in [0.2, 0.25) is 5.02 Å². The molecule has 1 amide bonds. The number of aliphatic carboxylic acids is 1. The first kappa shape index (κ1) is 14.9. The lowest BCUT2D eigenvalue weighted by Crippen LogP contribution is -2.30. The molecule has 0 bridgehead atoms. The van der Waals surface area contributed by atoms with Gasteiger partial charge < -0.3 is 10.0 Å². The van der Waals surface area contributed by atoms with E-state index in [1.807, 2.05) is 17.0 Å². The molecule has 5 heteroatoms. The Labute approximate surface area is 123 Å². The number of carbonyl (C=O) groups excluding carboxylic acids is 1. The van der Waals surface area contributed by atoms with Crippen molar-refractivity contribution in [2.24, 2.45) is 5.92 Å². The lowest BCUT2D eigenvalue weighted by atomic mass is 10.0. The molecule has 1 aromatic rings. The van der Waals surface area contributed by atoms with Gasteiger partial charge in [0.1, 0.15) is 0 Å². The molecule has 0 aliphatic carbocycles. The largest absolute Gasteiger partial charge is 0.481 e. The Bertz CT molecular complexity index is 486. The van der Waals surface area contributed by atoms with Crippen LogP contribution in [0.1, 0.15) is 24.8 Å². The van der Waals surface area contributed by atoms with Crippen molar-refractivity contribution in [1.82, 2.24) is 4.90 Å². The first-order valence-electron chi connectivity index (χ1n) is 6.78. The zero-order valence-corrected chi connectivity index (χ0v) is 12.0. The molecule has 0 aromatic heterocycles. The fourth-order valence-corrected chi connectivity index (χ4v) is 2.64. The molecule has 2 rings (SSSR count). The summed E-state index contributed by atoms with van der Waals surface area (Å²) in [6, 6.07) is 7.28. The van der Waals surface area contributed by atoms with Gasteiger partial charge in [0, 0.05) is 24.5 Å². The molecule has 0 radical (unpaired) electrons. The Balaban J connectivity index is 1.82. The zero-order chi connectivity index (χ0) is 14.5. The predicted molar refractivity (Wildman–Crippen MR) is 76.7 cm³/mol. The van der Waals surface area contributed by atoms with Crippen molar-refractivity contribution in [3.05, 3.63) is 34.9 Å². The molecule has 1 unspecified atom stereocenters. The zero-order valence-electron chi connectivity index (χ0n) is 11.2. The molecule has 20 heavy (non-hydrogen) atoms. The average molecular weight is 296 g/mol. The van der Waals surface area contributed by atoms with Crippen molar-refractivity contribution in [3.8, 4) is 0 Å². The minimum atomic E-state index is -0.768. The molecular formula is C15H18ClNO3.